The second-order valence-corrected chi connectivity index (χ2v) is 4.06. The highest BCUT2D eigenvalue weighted by Gasteiger charge is 2.01. The molecule has 1 aromatic heterocycles. The van der Waals surface area contributed by atoms with Crippen molar-refractivity contribution in [2.24, 2.45) is 0 Å². The molecule has 5 heteroatoms. The Balaban J connectivity index is 2.04. The predicted octanol–water partition coefficient (Wildman–Crippen LogP) is 3.49. The van der Waals surface area contributed by atoms with E-state index in [4.69, 9.17) is 16.3 Å². The number of methoxy groups -OCH3 is 1. The fourth-order valence-corrected chi connectivity index (χ4v) is 1.65. The van der Waals surface area contributed by atoms with E-state index in [0.717, 1.165) is 11.4 Å². The van der Waals surface area contributed by atoms with Crippen molar-refractivity contribution in [2.45, 2.75) is 6.54 Å². The van der Waals surface area contributed by atoms with Gasteiger partial charge in [0.05, 0.1) is 24.4 Å². The normalized spacial score (nSPS) is 10.2. The zero-order valence-corrected chi connectivity index (χ0v) is 10.5. The van der Waals surface area contributed by atoms with E-state index in [-0.39, 0.29) is 5.02 Å². The summed E-state index contributed by atoms with van der Waals surface area (Å²) in [6.07, 6.45) is 0. The smallest absolute Gasteiger partial charge is 0.213 e. The van der Waals surface area contributed by atoms with Crippen molar-refractivity contribution in [2.75, 3.05) is 12.4 Å². The van der Waals surface area contributed by atoms with E-state index in [0.29, 0.717) is 12.4 Å². The van der Waals surface area contributed by atoms with Crippen molar-refractivity contribution >= 4 is 17.3 Å². The summed E-state index contributed by atoms with van der Waals surface area (Å²) in [6.45, 7) is 0.513. The molecule has 0 spiro atoms. The Kier molecular flexibility index (Phi) is 3.99. The minimum atomic E-state index is -0.429. The molecule has 0 aliphatic rings. The predicted molar refractivity (Wildman–Crippen MR) is 69.5 cm³/mol. The first kappa shape index (κ1) is 12.6. The van der Waals surface area contributed by atoms with Crippen LogP contribution in [0.1, 0.15) is 5.69 Å². The van der Waals surface area contributed by atoms with Gasteiger partial charge in [0.15, 0.2) is 0 Å². The van der Waals surface area contributed by atoms with Gasteiger partial charge in [-0.3, -0.25) is 0 Å². The van der Waals surface area contributed by atoms with Gasteiger partial charge in [-0.15, -0.1) is 0 Å². The quantitative estimate of drug-likeness (QED) is 0.920. The first-order valence-corrected chi connectivity index (χ1v) is 5.75. The SMILES string of the molecule is COc1cccc(CNc2ccc(F)c(Cl)c2)n1. The van der Waals surface area contributed by atoms with E-state index in [2.05, 4.69) is 10.3 Å². The summed E-state index contributed by atoms with van der Waals surface area (Å²) in [7, 11) is 1.57. The van der Waals surface area contributed by atoms with E-state index in [1.807, 2.05) is 12.1 Å². The number of rotatable bonds is 4. The molecule has 2 rings (SSSR count). The Morgan fingerprint density at radius 1 is 1.33 bits per heavy atom. The molecule has 0 amide bonds. The molecule has 2 aromatic rings. The third-order valence-electron chi connectivity index (χ3n) is 2.38. The topological polar surface area (TPSA) is 34.1 Å². The number of halogens is 2. The summed E-state index contributed by atoms with van der Waals surface area (Å²) in [4.78, 5) is 4.25. The van der Waals surface area contributed by atoms with Crippen LogP contribution in [0.4, 0.5) is 10.1 Å². The number of hydrogen-bond acceptors (Lipinski definition) is 3. The molecule has 1 N–H and O–H groups in total. The third kappa shape index (κ3) is 3.11. The first-order valence-electron chi connectivity index (χ1n) is 5.38. The Hall–Kier alpha value is -1.81. The van der Waals surface area contributed by atoms with Gasteiger partial charge in [0.1, 0.15) is 5.82 Å². The second-order valence-electron chi connectivity index (χ2n) is 3.65. The molecule has 0 atom stereocenters. The fourth-order valence-electron chi connectivity index (χ4n) is 1.47. The highest BCUT2D eigenvalue weighted by molar-refractivity contribution is 6.31. The highest BCUT2D eigenvalue weighted by atomic mass is 35.5. The maximum atomic E-state index is 13.0. The number of ether oxygens (including phenoxy) is 1. The average molecular weight is 267 g/mol. The molecule has 0 fully saturated rings. The molecule has 1 heterocycles. The molecule has 18 heavy (non-hydrogen) atoms. The molecule has 0 aliphatic heterocycles. The van der Waals surface area contributed by atoms with Gasteiger partial charge in [-0.1, -0.05) is 17.7 Å². The summed E-state index contributed by atoms with van der Waals surface area (Å²) in [6, 6.07) is 10.0. The zero-order chi connectivity index (χ0) is 13.0. The number of pyridine rings is 1. The summed E-state index contributed by atoms with van der Waals surface area (Å²) in [5, 5.41) is 3.21. The fraction of sp³-hybridized carbons (Fsp3) is 0.154. The maximum Gasteiger partial charge on any atom is 0.213 e. The lowest BCUT2D eigenvalue weighted by atomic mass is 10.3. The van der Waals surface area contributed by atoms with Crippen molar-refractivity contribution in [1.29, 1.82) is 0 Å². The van der Waals surface area contributed by atoms with E-state index in [9.17, 15) is 4.39 Å². The van der Waals surface area contributed by atoms with Gasteiger partial charge in [-0.05, 0) is 24.3 Å². The van der Waals surface area contributed by atoms with Crippen molar-refractivity contribution in [3.8, 4) is 5.88 Å². The van der Waals surface area contributed by atoms with Crippen LogP contribution in [-0.4, -0.2) is 12.1 Å². The van der Waals surface area contributed by atoms with Crippen LogP contribution in [0.25, 0.3) is 0 Å². The van der Waals surface area contributed by atoms with Crippen LogP contribution in [0.15, 0.2) is 36.4 Å². The summed E-state index contributed by atoms with van der Waals surface area (Å²) < 4.78 is 18.0. The van der Waals surface area contributed by atoms with Gasteiger partial charge in [-0.2, -0.15) is 0 Å². The molecule has 94 valence electrons. The lowest BCUT2D eigenvalue weighted by Crippen LogP contribution is -2.02. The van der Waals surface area contributed by atoms with Gasteiger partial charge in [-0.25, -0.2) is 9.37 Å². The van der Waals surface area contributed by atoms with Crippen molar-refractivity contribution in [1.82, 2.24) is 4.98 Å². The number of anilines is 1. The molecule has 1 aromatic carbocycles. The minimum absolute atomic E-state index is 0.0959. The van der Waals surface area contributed by atoms with Crippen LogP contribution in [0.2, 0.25) is 5.02 Å². The molecule has 3 nitrogen and oxygen atoms in total. The van der Waals surface area contributed by atoms with Crippen LogP contribution in [0, 0.1) is 5.82 Å². The molecular weight excluding hydrogens is 255 g/mol. The van der Waals surface area contributed by atoms with E-state index >= 15 is 0 Å². The zero-order valence-electron chi connectivity index (χ0n) is 9.78. The van der Waals surface area contributed by atoms with Crippen molar-refractivity contribution < 1.29 is 9.13 Å². The molecule has 0 saturated carbocycles. The molecule has 0 unspecified atom stereocenters. The lowest BCUT2D eigenvalue weighted by molar-refractivity contribution is 0.396. The summed E-state index contributed by atoms with van der Waals surface area (Å²) in [5.41, 5.74) is 1.57. The van der Waals surface area contributed by atoms with Gasteiger partial charge in [0, 0.05) is 11.8 Å². The standard InChI is InChI=1S/C13H12ClFN2O/c1-18-13-4-2-3-10(17-13)8-16-9-5-6-12(15)11(14)7-9/h2-7,16H,8H2,1H3. The second kappa shape index (κ2) is 5.69. The van der Waals surface area contributed by atoms with Crippen LogP contribution < -0.4 is 10.1 Å². The third-order valence-corrected chi connectivity index (χ3v) is 2.67. The van der Waals surface area contributed by atoms with Crippen molar-refractivity contribution in [3.63, 3.8) is 0 Å². The highest BCUT2D eigenvalue weighted by Crippen LogP contribution is 2.19. The van der Waals surface area contributed by atoms with Crippen LogP contribution in [-0.2, 0) is 6.54 Å². The molecular formula is C13H12ClFN2O. The number of nitrogens with one attached hydrogen (secondary N) is 1. The van der Waals surface area contributed by atoms with Crippen LogP contribution in [0.3, 0.4) is 0 Å². The molecule has 0 bridgehead atoms. The van der Waals surface area contributed by atoms with E-state index in [1.54, 1.807) is 19.2 Å². The Bertz CT molecular complexity index is 548. The molecule has 0 aliphatic carbocycles. The van der Waals surface area contributed by atoms with E-state index < -0.39 is 5.82 Å². The van der Waals surface area contributed by atoms with Gasteiger partial charge >= 0.3 is 0 Å². The average Bonchev–Trinajstić information content (AvgIpc) is 2.40. The van der Waals surface area contributed by atoms with Crippen LogP contribution >= 0.6 is 11.6 Å². The summed E-state index contributed by atoms with van der Waals surface area (Å²) >= 11 is 5.69. The Morgan fingerprint density at radius 3 is 2.89 bits per heavy atom. The minimum Gasteiger partial charge on any atom is -0.481 e. The molecule has 0 saturated heterocycles. The Morgan fingerprint density at radius 2 is 2.17 bits per heavy atom. The molecule has 0 radical (unpaired) electrons. The summed E-state index contributed by atoms with van der Waals surface area (Å²) in [5.74, 6) is 0.133. The number of nitrogens with zero attached hydrogens (tertiary/aromatic N) is 1. The Labute approximate surface area is 110 Å². The van der Waals surface area contributed by atoms with Crippen molar-refractivity contribution in [3.05, 3.63) is 52.9 Å². The van der Waals surface area contributed by atoms with Gasteiger partial charge < -0.3 is 10.1 Å². The van der Waals surface area contributed by atoms with E-state index in [1.165, 1.54) is 12.1 Å². The number of hydrogen-bond donors (Lipinski definition) is 1. The first-order chi connectivity index (χ1) is 8.69. The lowest BCUT2D eigenvalue weighted by Gasteiger charge is -2.07. The van der Waals surface area contributed by atoms with Gasteiger partial charge in [0.2, 0.25) is 5.88 Å². The van der Waals surface area contributed by atoms with Crippen LogP contribution in [0.5, 0.6) is 5.88 Å². The number of aromatic nitrogens is 1. The van der Waals surface area contributed by atoms with Gasteiger partial charge in [0.25, 0.3) is 0 Å². The number of benzene rings is 1. The monoisotopic (exact) mass is 266 g/mol. The largest absolute Gasteiger partial charge is 0.481 e. The maximum absolute atomic E-state index is 13.0.